The number of aromatic hydroxyl groups is 1. The molecule has 3 heteroatoms. The number of rotatable bonds is 8. The van der Waals surface area contributed by atoms with Crippen molar-refractivity contribution in [3.05, 3.63) is 29.3 Å². The smallest absolute Gasteiger partial charge is 0.119 e. The average molecular weight is 403 g/mol. The van der Waals surface area contributed by atoms with E-state index in [1.54, 1.807) is 0 Å². The van der Waals surface area contributed by atoms with Gasteiger partial charge in [-0.3, -0.25) is 0 Å². The van der Waals surface area contributed by atoms with Crippen molar-refractivity contribution in [3.8, 4) is 5.75 Å². The molecule has 0 spiro atoms. The fraction of sp³-hybridized carbons (Fsp3) is 0.769. The quantitative estimate of drug-likeness (QED) is 0.474. The second kappa shape index (κ2) is 9.83. The number of aliphatic hydroxyl groups excluding tert-OH is 2. The van der Waals surface area contributed by atoms with Crippen LogP contribution in [0, 0.1) is 17.8 Å². The Morgan fingerprint density at radius 2 is 1.83 bits per heavy atom. The van der Waals surface area contributed by atoms with Crippen LogP contribution < -0.4 is 0 Å². The summed E-state index contributed by atoms with van der Waals surface area (Å²) in [5.41, 5.74) is 2.27. The van der Waals surface area contributed by atoms with Crippen molar-refractivity contribution in [2.24, 2.45) is 17.8 Å². The molecule has 0 amide bonds. The lowest BCUT2D eigenvalue weighted by Crippen LogP contribution is -2.38. The summed E-state index contributed by atoms with van der Waals surface area (Å²) in [7, 11) is 0. The van der Waals surface area contributed by atoms with Crippen LogP contribution in [-0.4, -0.2) is 28.0 Å². The van der Waals surface area contributed by atoms with E-state index in [-0.39, 0.29) is 24.0 Å². The molecule has 0 aliphatic heterocycles. The molecule has 0 saturated heterocycles. The summed E-state index contributed by atoms with van der Waals surface area (Å²) in [5, 5.41) is 31.1. The van der Waals surface area contributed by atoms with E-state index in [9.17, 15) is 15.3 Å². The van der Waals surface area contributed by atoms with Crippen LogP contribution in [0.15, 0.2) is 18.2 Å². The Morgan fingerprint density at radius 3 is 2.52 bits per heavy atom. The molecule has 0 aromatic heterocycles. The van der Waals surface area contributed by atoms with E-state index in [1.807, 2.05) is 6.07 Å². The molecule has 3 rings (SSSR count). The lowest BCUT2D eigenvalue weighted by Gasteiger charge is -2.46. The van der Waals surface area contributed by atoms with Crippen molar-refractivity contribution in [2.75, 3.05) is 6.61 Å². The fourth-order valence-electron chi connectivity index (χ4n) is 6.00. The lowest BCUT2D eigenvalue weighted by molar-refractivity contribution is 0.00985. The number of phenols is 1. The molecular formula is C26H42O3. The number of aliphatic hydroxyl groups is 2. The number of hydrogen-bond acceptors (Lipinski definition) is 3. The molecule has 29 heavy (non-hydrogen) atoms. The Hall–Kier alpha value is -1.06. The third-order valence-electron chi connectivity index (χ3n) is 7.90. The molecule has 0 bridgehead atoms. The number of phenolic OH excluding ortho intramolecular Hbond substituents is 1. The third-order valence-corrected chi connectivity index (χ3v) is 7.90. The van der Waals surface area contributed by atoms with Crippen molar-refractivity contribution in [1.82, 2.24) is 0 Å². The van der Waals surface area contributed by atoms with Crippen LogP contribution in [0.1, 0.15) is 102 Å². The molecule has 5 atom stereocenters. The standard InChI is InChI=1S/C26H42O3/c1-4-5-6-7-12-26(2,3)20-10-11-22(25(29)15-20)24-16-21(28)14-19-9-8-18(17-27)13-23(19)24/h10-11,15,18-19,21,23-24,27-29H,4-9,12-14,16-17H2,1-3H3/t18-,19-,21+,23+,24-/m1/s1. The molecule has 2 aliphatic carbocycles. The van der Waals surface area contributed by atoms with Crippen LogP contribution in [0.2, 0.25) is 0 Å². The molecule has 164 valence electrons. The van der Waals surface area contributed by atoms with Gasteiger partial charge in [0.2, 0.25) is 0 Å². The van der Waals surface area contributed by atoms with E-state index >= 15 is 0 Å². The van der Waals surface area contributed by atoms with Gasteiger partial charge >= 0.3 is 0 Å². The normalized spacial score (nSPS) is 30.2. The average Bonchev–Trinajstić information content (AvgIpc) is 2.70. The van der Waals surface area contributed by atoms with E-state index in [4.69, 9.17) is 0 Å². The molecule has 2 fully saturated rings. The van der Waals surface area contributed by atoms with E-state index in [0.717, 1.165) is 44.1 Å². The van der Waals surface area contributed by atoms with Gasteiger partial charge in [0, 0.05) is 6.61 Å². The molecule has 2 aliphatic rings. The first-order valence-electron chi connectivity index (χ1n) is 12.0. The fourth-order valence-corrected chi connectivity index (χ4v) is 6.00. The van der Waals surface area contributed by atoms with Crippen LogP contribution in [0.5, 0.6) is 5.75 Å². The second-order valence-electron chi connectivity index (χ2n) is 10.5. The van der Waals surface area contributed by atoms with Gasteiger partial charge in [0.05, 0.1) is 6.10 Å². The van der Waals surface area contributed by atoms with Crippen molar-refractivity contribution in [2.45, 2.75) is 102 Å². The highest BCUT2D eigenvalue weighted by Crippen LogP contribution is 2.51. The van der Waals surface area contributed by atoms with Gasteiger partial charge in [0.15, 0.2) is 0 Å². The minimum absolute atomic E-state index is 0.0607. The zero-order valence-corrected chi connectivity index (χ0v) is 18.7. The topological polar surface area (TPSA) is 60.7 Å². The highest BCUT2D eigenvalue weighted by Gasteiger charge is 2.42. The van der Waals surface area contributed by atoms with Gasteiger partial charge in [0.25, 0.3) is 0 Å². The number of unbranched alkanes of at least 4 members (excludes halogenated alkanes) is 3. The zero-order chi connectivity index (χ0) is 21.0. The van der Waals surface area contributed by atoms with Gasteiger partial charge < -0.3 is 15.3 Å². The van der Waals surface area contributed by atoms with Crippen LogP contribution in [0.4, 0.5) is 0 Å². The molecule has 0 heterocycles. The van der Waals surface area contributed by atoms with E-state index in [0.29, 0.717) is 23.5 Å². The molecule has 1 aromatic carbocycles. The number of fused-ring (bicyclic) bond motifs is 1. The minimum atomic E-state index is -0.277. The molecule has 1 aromatic rings. The maximum absolute atomic E-state index is 11.0. The van der Waals surface area contributed by atoms with E-state index < -0.39 is 0 Å². The molecule has 0 radical (unpaired) electrons. The summed E-state index contributed by atoms with van der Waals surface area (Å²) < 4.78 is 0. The maximum Gasteiger partial charge on any atom is 0.119 e. The van der Waals surface area contributed by atoms with Crippen LogP contribution in [0.25, 0.3) is 0 Å². The third kappa shape index (κ3) is 5.35. The second-order valence-corrected chi connectivity index (χ2v) is 10.5. The van der Waals surface area contributed by atoms with E-state index in [1.165, 1.54) is 31.2 Å². The van der Waals surface area contributed by atoms with Gasteiger partial charge in [-0.15, -0.1) is 0 Å². The van der Waals surface area contributed by atoms with Gasteiger partial charge in [-0.2, -0.15) is 0 Å². The first kappa shape index (κ1) is 22.6. The number of hydrogen-bond donors (Lipinski definition) is 3. The van der Waals surface area contributed by atoms with Crippen molar-refractivity contribution < 1.29 is 15.3 Å². The predicted molar refractivity (Wildman–Crippen MR) is 119 cm³/mol. The minimum Gasteiger partial charge on any atom is -0.508 e. The first-order chi connectivity index (χ1) is 13.9. The van der Waals surface area contributed by atoms with Gasteiger partial charge in [0.1, 0.15) is 5.75 Å². The predicted octanol–water partition coefficient (Wildman–Crippen LogP) is 5.90. The van der Waals surface area contributed by atoms with Crippen LogP contribution in [0.3, 0.4) is 0 Å². The largest absolute Gasteiger partial charge is 0.508 e. The Bertz CT molecular complexity index is 653. The summed E-state index contributed by atoms with van der Waals surface area (Å²) in [4.78, 5) is 0. The summed E-state index contributed by atoms with van der Waals surface area (Å²) in [5.74, 6) is 1.94. The molecule has 2 saturated carbocycles. The van der Waals surface area contributed by atoms with Crippen molar-refractivity contribution >= 4 is 0 Å². The highest BCUT2D eigenvalue weighted by molar-refractivity contribution is 5.42. The molecule has 3 N–H and O–H groups in total. The van der Waals surface area contributed by atoms with E-state index in [2.05, 4.69) is 32.9 Å². The summed E-state index contributed by atoms with van der Waals surface area (Å²) in [6, 6.07) is 6.31. The van der Waals surface area contributed by atoms with Crippen molar-refractivity contribution in [1.29, 1.82) is 0 Å². The van der Waals surface area contributed by atoms with Gasteiger partial charge in [-0.1, -0.05) is 58.6 Å². The monoisotopic (exact) mass is 402 g/mol. The number of benzene rings is 1. The Kier molecular flexibility index (Phi) is 7.67. The Balaban J connectivity index is 1.77. The first-order valence-corrected chi connectivity index (χ1v) is 12.0. The lowest BCUT2D eigenvalue weighted by atomic mass is 9.60. The highest BCUT2D eigenvalue weighted by atomic mass is 16.3. The summed E-state index contributed by atoms with van der Waals surface area (Å²) in [6.07, 6.45) is 10.7. The van der Waals surface area contributed by atoms with Crippen LogP contribution >= 0.6 is 0 Å². The SMILES string of the molecule is CCCCCCC(C)(C)c1ccc([C@H]2C[C@@H](O)C[C@H]3CC[C@@H](CO)C[C@@H]32)c(O)c1. The molecular weight excluding hydrogens is 360 g/mol. The summed E-state index contributed by atoms with van der Waals surface area (Å²) in [6.45, 7) is 7.06. The van der Waals surface area contributed by atoms with Crippen LogP contribution in [-0.2, 0) is 5.41 Å². The Labute approximate surface area is 177 Å². The van der Waals surface area contributed by atoms with Gasteiger partial charge in [-0.25, -0.2) is 0 Å². The molecule has 3 nitrogen and oxygen atoms in total. The Morgan fingerprint density at radius 1 is 1.03 bits per heavy atom. The molecule has 0 unspecified atom stereocenters. The van der Waals surface area contributed by atoms with Gasteiger partial charge in [-0.05, 0) is 84.8 Å². The maximum atomic E-state index is 11.0. The summed E-state index contributed by atoms with van der Waals surface area (Å²) >= 11 is 0. The van der Waals surface area contributed by atoms with Crippen molar-refractivity contribution in [3.63, 3.8) is 0 Å². The zero-order valence-electron chi connectivity index (χ0n) is 18.7.